The molecule has 0 aliphatic heterocycles. The topological polar surface area (TPSA) is 89.6 Å². The maximum absolute atomic E-state index is 11.7. The predicted octanol–water partition coefficient (Wildman–Crippen LogP) is 3.57. The fourth-order valence-corrected chi connectivity index (χ4v) is 1.91. The Kier molecular flexibility index (Phi) is 6.13. The number of anilines is 3. The van der Waals surface area contributed by atoms with Gasteiger partial charge in [0, 0.05) is 5.69 Å². The van der Waals surface area contributed by atoms with E-state index in [1.807, 2.05) is 6.07 Å². The third-order valence-electron chi connectivity index (χ3n) is 2.93. The van der Waals surface area contributed by atoms with Crippen LogP contribution in [0.15, 0.2) is 42.6 Å². The van der Waals surface area contributed by atoms with E-state index in [1.165, 1.54) is 6.20 Å². The number of aromatic nitrogens is 1. The van der Waals surface area contributed by atoms with Crippen LogP contribution in [0, 0.1) is 0 Å². The van der Waals surface area contributed by atoms with Crippen molar-refractivity contribution >= 4 is 29.3 Å². The van der Waals surface area contributed by atoms with Gasteiger partial charge in [0.05, 0.1) is 30.7 Å². The highest BCUT2D eigenvalue weighted by molar-refractivity contribution is 5.90. The second-order valence-corrected chi connectivity index (χ2v) is 4.70. The molecule has 0 bridgehead atoms. The fourth-order valence-electron chi connectivity index (χ4n) is 1.91. The molecule has 2 rings (SSSR count). The van der Waals surface area contributed by atoms with Crippen LogP contribution in [0.4, 0.5) is 22.0 Å². The number of carbonyl (C=O) groups is 2. The quantitative estimate of drug-likeness (QED) is 0.788. The maximum atomic E-state index is 11.7. The first-order valence-corrected chi connectivity index (χ1v) is 7.56. The minimum atomic E-state index is -0.526. The molecule has 2 aromatic rings. The Labute approximate surface area is 140 Å². The minimum absolute atomic E-state index is 0.301. The molecule has 24 heavy (non-hydrogen) atoms. The molecule has 0 spiro atoms. The van der Waals surface area contributed by atoms with Crippen LogP contribution in [0.3, 0.4) is 0 Å². The second kappa shape index (κ2) is 8.52. The minimum Gasteiger partial charge on any atom is -0.462 e. The highest BCUT2D eigenvalue weighted by Gasteiger charge is 2.07. The number of carbonyl (C=O) groups excluding carboxylic acids is 2. The first-order valence-electron chi connectivity index (χ1n) is 7.56. The molecule has 0 unspecified atom stereocenters. The Morgan fingerprint density at radius 3 is 2.50 bits per heavy atom. The molecule has 0 saturated heterocycles. The van der Waals surface area contributed by atoms with Gasteiger partial charge in [0.1, 0.15) is 5.82 Å². The van der Waals surface area contributed by atoms with Gasteiger partial charge in [-0.2, -0.15) is 0 Å². The van der Waals surface area contributed by atoms with E-state index in [4.69, 9.17) is 9.47 Å². The lowest BCUT2D eigenvalue weighted by Crippen LogP contribution is -2.13. The zero-order chi connectivity index (χ0) is 17.4. The summed E-state index contributed by atoms with van der Waals surface area (Å²) in [5, 5.41) is 5.64. The summed E-state index contributed by atoms with van der Waals surface area (Å²) >= 11 is 0. The SMILES string of the molecule is CCOC(=O)Nc1ccc(Nc2cccc(C(=O)OCC)c2)nc1. The number of benzene rings is 1. The fraction of sp³-hybridized carbons (Fsp3) is 0.235. The molecule has 1 aromatic carbocycles. The summed E-state index contributed by atoms with van der Waals surface area (Å²) in [6.45, 7) is 4.12. The van der Waals surface area contributed by atoms with Crippen LogP contribution < -0.4 is 10.6 Å². The lowest BCUT2D eigenvalue weighted by Gasteiger charge is -2.09. The number of amides is 1. The Morgan fingerprint density at radius 1 is 1.04 bits per heavy atom. The van der Waals surface area contributed by atoms with Crippen molar-refractivity contribution in [2.75, 3.05) is 23.8 Å². The van der Waals surface area contributed by atoms with Gasteiger partial charge in [-0.25, -0.2) is 14.6 Å². The van der Waals surface area contributed by atoms with Gasteiger partial charge >= 0.3 is 12.1 Å². The summed E-state index contributed by atoms with van der Waals surface area (Å²) in [7, 11) is 0. The lowest BCUT2D eigenvalue weighted by molar-refractivity contribution is 0.0526. The van der Waals surface area contributed by atoms with E-state index in [-0.39, 0.29) is 5.97 Å². The molecule has 126 valence electrons. The van der Waals surface area contributed by atoms with Gasteiger partial charge in [-0.1, -0.05) is 6.07 Å². The van der Waals surface area contributed by atoms with Crippen LogP contribution in [0.1, 0.15) is 24.2 Å². The lowest BCUT2D eigenvalue weighted by atomic mass is 10.2. The summed E-state index contributed by atoms with van der Waals surface area (Å²) < 4.78 is 9.76. The van der Waals surface area contributed by atoms with Gasteiger partial charge in [-0.15, -0.1) is 0 Å². The van der Waals surface area contributed by atoms with Crippen LogP contribution in [-0.2, 0) is 9.47 Å². The molecule has 1 heterocycles. The van der Waals surface area contributed by atoms with Crippen molar-refractivity contribution in [1.82, 2.24) is 4.98 Å². The highest BCUT2D eigenvalue weighted by Crippen LogP contribution is 2.18. The van der Waals surface area contributed by atoms with Crippen molar-refractivity contribution in [2.24, 2.45) is 0 Å². The number of hydrogen-bond acceptors (Lipinski definition) is 6. The van der Waals surface area contributed by atoms with Crippen molar-refractivity contribution < 1.29 is 19.1 Å². The van der Waals surface area contributed by atoms with E-state index in [0.717, 1.165) is 0 Å². The molecular weight excluding hydrogens is 310 g/mol. The zero-order valence-corrected chi connectivity index (χ0v) is 13.5. The van der Waals surface area contributed by atoms with E-state index in [9.17, 15) is 9.59 Å². The number of ether oxygens (including phenoxy) is 2. The van der Waals surface area contributed by atoms with Gasteiger partial charge in [-0.05, 0) is 44.2 Å². The third kappa shape index (κ3) is 4.98. The molecule has 7 nitrogen and oxygen atoms in total. The third-order valence-corrected chi connectivity index (χ3v) is 2.93. The van der Waals surface area contributed by atoms with Crippen LogP contribution in [-0.4, -0.2) is 30.3 Å². The average Bonchev–Trinajstić information content (AvgIpc) is 2.57. The molecule has 0 saturated carbocycles. The van der Waals surface area contributed by atoms with Gasteiger partial charge in [0.15, 0.2) is 0 Å². The monoisotopic (exact) mass is 329 g/mol. The summed E-state index contributed by atoms with van der Waals surface area (Å²) in [6, 6.07) is 10.3. The molecular formula is C17H19N3O4. The van der Waals surface area contributed by atoms with E-state index < -0.39 is 6.09 Å². The van der Waals surface area contributed by atoms with Gasteiger partial charge in [0.25, 0.3) is 0 Å². The van der Waals surface area contributed by atoms with Gasteiger partial charge < -0.3 is 14.8 Å². The van der Waals surface area contributed by atoms with Crippen molar-refractivity contribution in [2.45, 2.75) is 13.8 Å². The largest absolute Gasteiger partial charge is 0.462 e. The van der Waals surface area contributed by atoms with E-state index in [1.54, 1.807) is 44.2 Å². The summed E-state index contributed by atoms with van der Waals surface area (Å²) in [6.07, 6.45) is 0.983. The first-order chi connectivity index (χ1) is 11.6. The Hall–Kier alpha value is -3.09. The van der Waals surface area contributed by atoms with Crippen LogP contribution in [0.2, 0.25) is 0 Å². The molecule has 7 heteroatoms. The number of nitrogens with one attached hydrogen (secondary N) is 2. The molecule has 2 N–H and O–H groups in total. The highest BCUT2D eigenvalue weighted by atomic mass is 16.5. The predicted molar refractivity (Wildman–Crippen MR) is 90.6 cm³/mol. The number of pyridine rings is 1. The molecule has 1 amide bonds. The van der Waals surface area contributed by atoms with Crippen molar-refractivity contribution in [3.8, 4) is 0 Å². The second-order valence-electron chi connectivity index (χ2n) is 4.70. The zero-order valence-electron chi connectivity index (χ0n) is 13.5. The molecule has 0 atom stereocenters. The summed E-state index contributed by atoms with van der Waals surface area (Å²) in [5.74, 6) is 0.202. The molecule has 1 aromatic heterocycles. The molecule has 0 aliphatic rings. The average molecular weight is 329 g/mol. The van der Waals surface area contributed by atoms with Gasteiger partial charge in [-0.3, -0.25) is 5.32 Å². The van der Waals surface area contributed by atoms with Crippen LogP contribution in [0.5, 0.6) is 0 Å². The molecule has 0 fully saturated rings. The first kappa shape index (κ1) is 17.3. The Bertz CT molecular complexity index is 701. The number of nitrogens with zero attached hydrogens (tertiary/aromatic N) is 1. The standard InChI is InChI=1S/C17H19N3O4/c1-3-23-16(21)12-6-5-7-13(10-12)19-15-9-8-14(11-18-15)20-17(22)24-4-2/h5-11H,3-4H2,1-2H3,(H,18,19)(H,20,22). The van der Waals surface area contributed by atoms with E-state index in [2.05, 4.69) is 15.6 Å². The maximum Gasteiger partial charge on any atom is 0.411 e. The molecule has 0 radical (unpaired) electrons. The van der Waals surface area contributed by atoms with Crippen LogP contribution in [0.25, 0.3) is 0 Å². The normalized spacial score (nSPS) is 9.92. The summed E-state index contributed by atoms with van der Waals surface area (Å²) in [5.41, 5.74) is 1.70. The smallest absolute Gasteiger partial charge is 0.411 e. The van der Waals surface area contributed by atoms with Crippen molar-refractivity contribution in [3.63, 3.8) is 0 Å². The van der Waals surface area contributed by atoms with Gasteiger partial charge in [0.2, 0.25) is 0 Å². The number of esters is 1. The Balaban J connectivity index is 2.02. The van der Waals surface area contributed by atoms with E-state index >= 15 is 0 Å². The number of hydrogen-bond donors (Lipinski definition) is 2. The van der Waals surface area contributed by atoms with Crippen molar-refractivity contribution in [1.29, 1.82) is 0 Å². The van der Waals surface area contributed by atoms with Crippen molar-refractivity contribution in [3.05, 3.63) is 48.2 Å². The number of rotatable bonds is 6. The Morgan fingerprint density at radius 2 is 1.83 bits per heavy atom. The van der Waals surface area contributed by atoms with E-state index in [0.29, 0.717) is 36.0 Å². The van der Waals surface area contributed by atoms with Crippen LogP contribution >= 0.6 is 0 Å². The summed E-state index contributed by atoms with van der Waals surface area (Å²) in [4.78, 5) is 27.3. The molecule has 0 aliphatic carbocycles.